The van der Waals surface area contributed by atoms with E-state index in [9.17, 15) is 14.4 Å². The zero-order chi connectivity index (χ0) is 16.0. The average Bonchev–Trinajstić information content (AvgIpc) is 2.98. The molecule has 0 spiro atoms. The van der Waals surface area contributed by atoms with Gasteiger partial charge in [-0.2, -0.15) is 4.52 Å². The first-order valence-electron chi connectivity index (χ1n) is 6.45. The summed E-state index contributed by atoms with van der Waals surface area (Å²) in [6.07, 6.45) is 0. The molecule has 22 heavy (non-hydrogen) atoms. The Hall–Kier alpha value is -3.04. The van der Waals surface area contributed by atoms with E-state index < -0.39 is 17.2 Å². The maximum Gasteiger partial charge on any atom is 0.342 e. The summed E-state index contributed by atoms with van der Waals surface area (Å²) in [7, 11) is 2.85. The van der Waals surface area contributed by atoms with Crippen molar-refractivity contribution in [2.75, 3.05) is 6.61 Å². The van der Waals surface area contributed by atoms with E-state index in [1.807, 2.05) is 0 Å². The van der Waals surface area contributed by atoms with Gasteiger partial charge in [-0.3, -0.25) is 13.9 Å². The van der Waals surface area contributed by atoms with E-state index in [4.69, 9.17) is 4.74 Å². The third kappa shape index (κ3) is 1.73. The summed E-state index contributed by atoms with van der Waals surface area (Å²) in [4.78, 5) is 36.4. The van der Waals surface area contributed by atoms with E-state index in [1.165, 1.54) is 29.2 Å². The number of rotatable bonds is 2. The van der Waals surface area contributed by atoms with Gasteiger partial charge in [0.2, 0.25) is 0 Å². The lowest BCUT2D eigenvalue weighted by molar-refractivity contribution is 0.0528. The van der Waals surface area contributed by atoms with Crippen LogP contribution in [0.3, 0.4) is 0 Å². The molecule has 10 heteroatoms. The molecule has 114 valence electrons. The predicted octanol–water partition coefficient (Wildman–Crippen LogP) is -1.15. The molecule has 0 saturated carbocycles. The Bertz CT molecular complexity index is 1030. The van der Waals surface area contributed by atoms with Crippen molar-refractivity contribution in [1.29, 1.82) is 0 Å². The van der Waals surface area contributed by atoms with E-state index in [-0.39, 0.29) is 28.9 Å². The van der Waals surface area contributed by atoms with E-state index in [1.54, 1.807) is 6.92 Å². The van der Waals surface area contributed by atoms with Crippen molar-refractivity contribution in [3.63, 3.8) is 0 Å². The number of nitrogens with zero attached hydrogens (tertiary/aromatic N) is 6. The maximum absolute atomic E-state index is 12.3. The van der Waals surface area contributed by atoms with Crippen LogP contribution in [0.1, 0.15) is 17.3 Å². The summed E-state index contributed by atoms with van der Waals surface area (Å²) in [5.41, 5.74) is -0.662. The van der Waals surface area contributed by atoms with E-state index in [2.05, 4.69) is 15.5 Å². The first-order valence-corrected chi connectivity index (χ1v) is 6.45. The van der Waals surface area contributed by atoms with Gasteiger partial charge in [-0.25, -0.2) is 9.59 Å². The fourth-order valence-corrected chi connectivity index (χ4v) is 2.31. The summed E-state index contributed by atoms with van der Waals surface area (Å²) in [6.45, 7) is 1.84. The van der Waals surface area contributed by atoms with Gasteiger partial charge in [-0.15, -0.1) is 5.10 Å². The Kier molecular flexibility index (Phi) is 3.01. The van der Waals surface area contributed by atoms with Crippen molar-refractivity contribution >= 4 is 22.6 Å². The number of hydrogen-bond acceptors (Lipinski definition) is 7. The Morgan fingerprint density at radius 3 is 2.68 bits per heavy atom. The summed E-state index contributed by atoms with van der Waals surface area (Å²) in [5.74, 6) is -0.639. The molecule has 0 atom stereocenters. The highest BCUT2D eigenvalue weighted by molar-refractivity contribution is 5.99. The number of carbonyl (C=O) groups excluding carboxylic acids is 1. The van der Waals surface area contributed by atoms with E-state index in [0.29, 0.717) is 0 Å². The largest absolute Gasteiger partial charge is 0.462 e. The number of tetrazole rings is 1. The van der Waals surface area contributed by atoms with Crippen LogP contribution in [-0.4, -0.2) is 41.8 Å². The van der Waals surface area contributed by atoms with Crippen molar-refractivity contribution in [2.24, 2.45) is 14.1 Å². The Morgan fingerprint density at radius 1 is 1.27 bits per heavy atom. The zero-order valence-corrected chi connectivity index (χ0v) is 12.1. The van der Waals surface area contributed by atoms with Gasteiger partial charge in [0.1, 0.15) is 5.56 Å². The van der Waals surface area contributed by atoms with Crippen molar-refractivity contribution < 1.29 is 9.53 Å². The molecule has 0 aliphatic carbocycles. The third-order valence-corrected chi connectivity index (χ3v) is 3.36. The lowest BCUT2D eigenvalue weighted by Crippen LogP contribution is -2.38. The van der Waals surface area contributed by atoms with Crippen molar-refractivity contribution in [3.05, 3.63) is 32.5 Å². The summed E-state index contributed by atoms with van der Waals surface area (Å²) >= 11 is 0. The zero-order valence-electron chi connectivity index (χ0n) is 12.1. The molecule has 10 nitrogen and oxygen atoms in total. The standard InChI is InChI=1S/C12H12N6O4/c1-4-22-11(20)6-5-7-9(18-8(6)13-14-15-18)16(2)12(21)17(3)10(7)19/h5H,4H2,1-3H3. The molecule has 0 aliphatic heterocycles. The van der Waals surface area contributed by atoms with Gasteiger partial charge in [0, 0.05) is 14.1 Å². The van der Waals surface area contributed by atoms with Crippen LogP contribution in [0.25, 0.3) is 16.7 Å². The quantitative estimate of drug-likeness (QED) is 0.549. The molecule has 0 unspecified atom stereocenters. The molecule has 0 amide bonds. The number of esters is 1. The molecule has 3 heterocycles. The lowest BCUT2D eigenvalue weighted by atomic mass is 10.2. The Labute approximate surface area is 122 Å². The van der Waals surface area contributed by atoms with Crippen LogP contribution in [0.2, 0.25) is 0 Å². The van der Waals surface area contributed by atoms with Crippen molar-refractivity contribution in [2.45, 2.75) is 6.92 Å². The Morgan fingerprint density at radius 2 is 2.00 bits per heavy atom. The van der Waals surface area contributed by atoms with Crippen LogP contribution in [-0.2, 0) is 18.8 Å². The molecule has 3 aromatic rings. The average molecular weight is 304 g/mol. The molecular weight excluding hydrogens is 292 g/mol. The first-order chi connectivity index (χ1) is 10.5. The fourth-order valence-electron chi connectivity index (χ4n) is 2.31. The minimum absolute atomic E-state index is 0.0649. The normalized spacial score (nSPS) is 11.2. The highest BCUT2D eigenvalue weighted by Gasteiger charge is 2.21. The summed E-state index contributed by atoms with van der Waals surface area (Å²) in [5, 5.41) is 11.2. The first kappa shape index (κ1) is 13.9. The summed E-state index contributed by atoms with van der Waals surface area (Å²) < 4.78 is 8.34. The Balaban J connectivity index is 2.56. The molecule has 0 aromatic carbocycles. The smallest absolute Gasteiger partial charge is 0.342 e. The number of hydrogen-bond donors (Lipinski definition) is 0. The van der Waals surface area contributed by atoms with E-state index in [0.717, 1.165) is 4.57 Å². The second-order valence-corrected chi connectivity index (χ2v) is 4.64. The monoisotopic (exact) mass is 304 g/mol. The minimum atomic E-state index is -0.639. The molecule has 0 fully saturated rings. The van der Waals surface area contributed by atoms with Crippen molar-refractivity contribution in [1.82, 2.24) is 29.2 Å². The van der Waals surface area contributed by atoms with Crippen LogP contribution >= 0.6 is 0 Å². The number of aryl methyl sites for hydroxylation is 1. The lowest BCUT2D eigenvalue weighted by Gasteiger charge is -2.10. The van der Waals surface area contributed by atoms with Crippen LogP contribution < -0.4 is 11.2 Å². The number of carbonyl (C=O) groups is 1. The molecule has 3 rings (SSSR count). The van der Waals surface area contributed by atoms with Crippen LogP contribution in [0.15, 0.2) is 15.7 Å². The van der Waals surface area contributed by atoms with Crippen LogP contribution in [0, 0.1) is 0 Å². The van der Waals surface area contributed by atoms with Gasteiger partial charge in [0.05, 0.1) is 12.0 Å². The van der Waals surface area contributed by atoms with Crippen LogP contribution in [0.5, 0.6) is 0 Å². The third-order valence-electron chi connectivity index (χ3n) is 3.36. The molecule has 0 radical (unpaired) electrons. The summed E-state index contributed by atoms with van der Waals surface area (Å²) in [6, 6.07) is 1.35. The van der Waals surface area contributed by atoms with Gasteiger partial charge in [-0.05, 0) is 23.4 Å². The molecular formula is C12H12N6O4. The van der Waals surface area contributed by atoms with E-state index >= 15 is 0 Å². The maximum atomic E-state index is 12.3. The van der Waals surface area contributed by atoms with Crippen molar-refractivity contribution in [3.8, 4) is 0 Å². The minimum Gasteiger partial charge on any atom is -0.462 e. The molecule has 0 aliphatic rings. The number of fused-ring (bicyclic) bond motifs is 3. The van der Waals surface area contributed by atoms with Gasteiger partial charge < -0.3 is 4.74 Å². The van der Waals surface area contributed by atoms with Gasteiger partial charge in [-0.1, -0.05) is 0 Å². The highest BCUT2D eigenvalue weighted by Crippen LogP contribution is 2.16. The fraction of sp³-hybridized carbons (Fsp3) is 0.333. The number of pyridine rings is 1. The van der Waals surface area contributed by atoms with Gasteiger partial charge in [0.25, 0.3) is 5.56 Å². The number of aromatic nitrogens is 6. The topological polar surface area (TPSA) is 113 Å². The van der Waals surface area contributed by atoms with Crippen LogP contribution in [0.4, 0.5) is 0 Å². The SMILES string of the molecule is CCOC(=O)c1cc2c(=O)n(C)c(=O)n(C)c2n2nnnc12. The van der Waals surface area contributed by atoms with Gasteiger partial charge in [0.15, 0.2) is 11.3 Å². The molecule has 0 saturated heterocycles. The molecule has 0 N–H and O–H groups in total. The molecule has 0 bridgehead atoms. The second kappa shape index (κ2) is 4.76. The van der Waals surface area contributed by atoms with Gasteiger partial charge >= 0.3 is 11.7 Å². The number of ether oxygens (including phenoxy) is 1. The molecule has 3 aromatic heterocycles. The highest BCUT2D eigenvalue weighted by atomic mass is 16.5. The predicted molar refractivity (Wildman–Crippen MR) is 74.7 cm³/mol. The second-order valence-electron chi connectivity index (χ2n) is 4.64.